The molecule has 10 atom stereocenters. The van der Waals surface area contributed by atoms with Gasteiger partial charge in [0, 0.05) is 57.7 Å². The van der Waals surface area contributed by atoms with Crippen molar-refractivity contribution in [3.63, 3.8) is 0 Å². The van der Waals surface area contributed by atoms with E-state index >= 15 is 0 Å². The van der Waals surface area contributed by atoms with Gasteiger partial charge >= 0.3 is 11.3 Å². The monoisotopic (exact) mass is 842 g/mol. The highest BCUT2D eigenvalue weighted by Gasteiger charge is 2.44. The van der Waals surface area contributed by atoms with Gasteiger partial charge in [0.1, 0.15) is 53.2 Å². The van der Waals surface area contributed by atoms with Crippen molar-refractivity contribution in [3.05, 3.63) is 104 Å². The first-order valence-corrected chi connectivity index (χ1v) is 19.6. The van der Waals surface area contributed by atoms with Crippen LogP contribution in [0.1, 0.15) is 20.3 Å². The van der Waals surface area contributed by atoms with Crippen molar-refractivity contribution in [1.29, 1.82) is 0 Å². The summed E-state index contributed by atoms with van der Waals surface area (Å²) in [4.78, 5) is 25.8. The van der Waals surface area contributed by atoms with E-state index in [0.29, 0.717) is 28.0 Å². The quantitative estimate of drug-likeness (QED) is 0.108. The van der Waals surface area contributed by atoms with Crippen LogP contribution in [-0.2, 0) is 0 Å². The number of aliphatic hydroxyl groups excluding tert-OH is 9. The normalized spacial score (nSPS) is 26.8. The van der Waals surface area contributed by atoms with Crippen molar-refractivity contribution in [2.45, 2.75) is 69.1 Å². The van der Waals surface area contributed by atoms with E-state index in [1.807, 2.05) is 35.0 Å². The van der Waals surface area contributed by atoms with E-state index in [-0.39, 0.29) is 44.9 Å². The van der Waals surface area contributed by atoms with E-state index in [2.05, 4.69) is 0 Å². The van der Waals surface area contributed by atoms with Gasteiger partial charge in [-0.3, -0.25) is 0 Å². The minimum absolute atomic E-state index is 0. The molecule has 2 fully saturated rings. The molecule has 2 aliphatic carbocycles. The van der Waals surface area contributed by atoms with E-state index in [0.717, 1.165) is 20.5 Å². The number of hydrogen-bond acceptors (Lipinski definition) is 17. The van der Waals surface area contributed by atoms with Crippen LogP contribution in [0.25, 0.3) is 42.8 Å². The molecular weight excluding hydrogens is 797 g/mol. The average Bonchev–Trinajstić information content (AvgIpc) is 3.95. The van der Waals surface area contributed by atoms with Crippen molar-refractivity contribution in [3.8, 4) is 32.4 Å². The third-order valence-electron chi connectivity index (χ3n) is 9.98. The zero-order valence-electron chi connectivity index (χ0n) is 30.0. The fraction of sp³-hybridized carbons (Fsp3) is 0.366. The number of benzene rings is 2. The number of rotatable bonds is 6. The lowest BCUT2D eigenvalue weighted by Crippen LogP contribution is -2.56. The van der Waals surface area contributed by atoms with Crippen molar-refractivity contribution < 1.29 is 64.6 Å². The number of aromatic hydroxyl groups is 1. The molecule has 4 heterocycles. The molecule has 2 aromatic carbocycles. The van der Waals surface area contributed by atoms with Gasteiger partial charge in [-0.2, -0.15) is 0 Å². The summed E-state index contributed by atoms with van der Waals surface area (Å²) in [7, 11) is 0. The Bertz CT molecular complexity index is 2340. The zero-order valence-corrected chi connectivity index (χ0v) is 31.6. The van der Waals surface area contributed by atoms with E-state index in [1.54, 1.807) is 42.5 Å². The Balaban J connectivity index is 0.000000182. The molecule has 17 heteroatoms. The van der Waals surface area contributed by atoms with Gasteiger partial charge in [0.15, 0.2) is 0 Å². The second kappa shape index (κ2) is 19.5. The van der Waals surface area contributed by atoms with Crippen LogP contribution >= 0.6 is 22.7 Å². The summed E-state index contributed by atoms with van der Waals surface area (Å²) in [6.07, 6.45) is -9.38. The Kier molecular flexibility index (Phi) is 15.0. The lowest BCUT2D eigenvalue weighted by Gasteiger charge is -2.39. The minimum atomic E-state index is -1.41. The number of thiophene rings is 2. The summed E-state index contributed by atoms with van der Waals surface area (Å²) in [6.45, 7) is -0.634. The van der Waals surface area contributed by atoms with Crippen LogP contribution in [0.2, 0.25) is 0 Å². The van der Waals surface area contributed by atoms with Gasteiger partial charge < -0.3 is 64.6 Å². The number of ether oxygens (including phenoxy) is 1. The predicted octanol–water partition coefficient (Wildman–Crippen LogP) is 2.67. The highest BCUT2D eigenvalue weighted by molar-refractivity contribution is 7.13. The Morgan fingerprint density at radius 3 is 1.62 bits per heavy atom. The van der Waals surface area contributed by atoms with Crippen molar-refractivity contribution in [2.75, 3.05) is 13.2 Å². The van der Waals surface area contributed by atoms with Gasteiger partial charge in [0.05, 0.1) is 29.4 Å². The molecule has 0 spiro atoms. The topological polar surface area (TPSA) is 272 Å². The first-order valence-electron chi connectivity index (χ1n) is 17.9. The summed E-state index contributed by atoms with van der Waals surface area (Å²) in [6, 6.07) is 20.7. The van der Waals surface area contributed by atoms with E-state index in [9.17, 15) is 40.2 Å². The maximum Gasteiger partial charge on any atom is 0.345 e. The predicted molar refractivity (Wildman–Crippen MR) is 217 cm³/mol. The van der Waals surface area contributed by atoms with Crippen molar-refractivity contribution in [2.24, 2.45) is 11.8 Å². The molecule has 58 heavy (non-hydrogen) atoms. The molecule has 312 valence electrons. The zero-order chi connectivity index (χ0) is 41.0. The van der Waals surface area contributed by atoms with Gasteiger partial charge in [-0.15, -0.1) is 22.7 Å². The molecule has 2 aliphatic rings. The van der Waals surface area contributed by atoms with Crippen LogP contribution in [0.5, 0.6) is 11.5 Å². The van der Waals surface area contributed by atoms with Crippen LogP contribution in [0.4, 0.5) is 0 Å². The Morgan fingerprint density at radius 2 is 1.10 bits per heavy atom. The van der Waals surface area contributed by atoms with Gasteiger partial charge in [-0.25, -0.2) is 9.59 Å². The molecule has 15 nitrogen and oxygen atoms in total. The van der Waals surface area contributed by atoms with E-state index < -0.39 is 66.3 Å². The van der Waals surface area contributed by atoms with Crippen LogP contribution < -0.4 is 16.0 Å². The van der Waals surface area contributed by atoms with Gasteiger partial charge in [-0.05, 0) is 72.1 Å². The molecule has 10 unspecified atom stereocenters. The molecule has 0 radical (unpaired) electrons. The SMILES string of the molecule is C.O=c1oc2cc(O)ccc2cc1-c1cccs1.O=c1oc2cc(OC3CC(CO)C(O)C(O)C3O)ccc2cc1-c1cccs1.OCC1CC(O)C(O)C(O)C1O. The van der Waals surface area contributed by atoms with E-state index in [1.165, 1.54) is 28.7 Å². The Labute approximate surface area is 339 Å². The Morgan fingerprint density at radius 1 is 0.603 bits per heavy atom. The molecule has 0 saturated heterocycles. The first-order chi connectivity index (χ1) is 27.3. The molecule has 2 saturated carbocycles. The van der Waals surface area contributed by atoms with Crippen molar-refractivity contribution in [1.82, 2.24) is 0 Å². The highest BCUT2D eigenvalue weighted by atomic mass is 32.1. The lowest BCUT2D eigenvalue weighted by molar-refractivity contribution is -0.163. The van der Waals surface area contributed by atoms with E-state index in [4.69, 9.17) is 34.0 Å². The molecule has 6 aromatic rings. The fourth-order valence-electron chi connectivity index (χ4n) is 6.71. The molecule has 0 aliphatic heterocycles. The minimum Gasteiger partial charge on any atom is -0.508 e. The van der Waals surface area contributed by atoms with Crippen LogP contribution in [0.3, 0.4) is 0 Å². The number of phenols is 1. The number of hydrogen-bond donors (Lipinski definition) is 10. The summed E-state index contributed by atoms with van der Waals surface area (Å²) in [5.41, 5.74) is 0.942. The first kappa shape index (κ1) is 44.6. The van der Waals surface area contributed by atoms with Crippen LogP contribution in [0.15, 0.2) is 102 Å². The largest absolute Gasteiger partial charge is 0.508 e. The highest BCUT2D eigenvalue weighted by Crippen LogP contribution is 2.32. The average molecular weight is 843 g/mol. The fourth-order valence-corrected chi connectivity index (χ4v) is 8.17. The second-order valence-electron chi connectivity index (χ2n) is 13.8. The van der Waals surface area contributed by atoms with Crippen LogP contribution in [-0.4, -0.2) is 113 Å². The molecule has 10 N–H and O–H groups in total. The standard InChI is InChI=1S/C20H20O7S.C13H8O3S.C7H14O5.CH4/c21-9-11-7-15(18(23)19(24)17(11)22)26-12-4-3-10-6-13(16-2-1-5-28-16)20(25)27-14(10)8-12;14-9-4-3-8-6-10(12-2-1-5-17-12)13(15)16-11(8)7-9;8-2-3-1-4(9)6(11)7(12)5(3)10;/h1-6,8,11,15,17-19,21-24H,7,9H2;1-7,14H;3-12H,1-2H2;1H4. The molecule has 0 amide bonds. The molecule has 0 bridgehead atoms. The summed E-state index contributed by atoms with van der Waals surface area (Å²) >= 11 is 2.94. The second-order valence-corrected chi connectivity index (χ2v) is 15.7. The third-order valence-corrected chi connectivity index (χ3v) is 11.8. The summed E-state index contributed by atoms with van der Waals surface area (Å²) in [5, 5.41) is 99.4. The maximum absolute atomic E-state index is 12.3. The maximum atomic E-state index is 12.3. The van der Waals surface area contributed by atoms with Gasteiger partial charge in [0.2, 0.25) is 0 Å². The summed E-state index contributed by atoms with van der Waals surface area (Å²) < 4.78 is 16.4. The number of phenolic OH excluding ortho intramolecular Hbond substituents is 1. The smallest absolute Gasteiger partial charge is 0.345 e. The molecule has 4 aromatic heterocycles. The van der Waals surface area contributed by atoms with Crippen molar-refractivity contribution >= 4 is 44.6 Å². The molecular formula is C41H46O15S2. The third kappa shape index (κ3) is 9.85. The van der Waals surface area contributed by atoms with Gasteiger partial charge in [0.25, 0.3) is 0 Å². The summed E-state index contributed by atoms with van der Waals surface area (Å²) in [5.74, 6) is -0.720. The molecule has 8 rings (SSSR count). The van der Waals surface area contributed by atoms with Crippen LogP contribution in [0, 0.1) is 11.8 Å². The number of aliphatic hydroxyl groups is 9. The number of fused-ring (bicyclic) bond motifs is 2. The van der Waals surface area contributed by atoms with Gasteiger partial charge in [-0.1, -0.05) is 19.6 Å². The Hall–Kier alpha value is -4.50. The lowest BCUT2D eigenvalue weighted by atomic mass is 9.81.